The third-order valence-corrected chi connectivity index (χ3v) is 4.01. The first kappa shape index (κ1) is 16.4. The fraction of sp³-hybridized carbons (Fsp3) is 0.0909. The van der Waals surface area contributed by atoms with Gasteiger partial charge in [-0.25, -0.2) is 0 Å². The highest BCUT2D eigenvalue weighted by atomic mass is 35.5. The van der Waals surface area contributed by atoms with Crippen LogP contribution in [-0.2, 0) is 4.74 Å². The third-order valence-electron chi connectivity index (χ3n) is 3.78. The van der Waals surface area contributed by atoms with Crippen molar-refractivity contribution in [3.05, 3.63) is 107 Å². The Bertz CT molecular complexity index is 810. The molecule has 2 heteroatoms. The Morgan fingerprint density at radius 2 is 1.54 bits per heavy atom. The van der Waals surface area contributed by atoms with E-state index in [2.05, 4.69) is 30.3 Å². The van der Waals surface area contributed by atoms with Gasteiger partial charge in [0, 0.05) is 10.6 Å². The molecule has 0 saturated carbocycles. The van der Waals surface area contributed by atoms with E-state index in [1.807, 2.05) is 67.6 Å². The van der Waals surface area contributed by atoms with E-state index in [1.165, 1.54) is 0 Å². The lowest BCUT2D eigenvalue weighted by Crippen LogP contribution is -2.00. The first-order valence-electron chi connectivity index (χ1n) is 7.96. The largest absolute Gasteiger partial charge is 0.485 e. The van der Waals surface area contributed by atoms with Gasteiger partial charge in [0.1, 0.15) is 11.9 Å². The maximum absolute atomic E-state index is 6.28. The highest BCUT2D eigenvalue weighted by Gasteiger charge is 2.11. The van der Waals surface area contributed by atoms with E-state index in [9.17, 15) is 0 Å². The number of benzene rings is 3. The third kappa shape index (κ3) is 4.27. The van der Waals surface area contributed by atoms with Crippen molar-refractivity contribution in [3.63, 3.8) is 0 Å². The van der Waals surface area contributed by atoms with Crippen LogP contribution in [0.25, 0.3) is 11.8 Å². The second-order valence-corrected chi connectivity index (χ2v) is 6.04. The molecule has 1 atom stereocenters. The van der Waals surface area contributed by atoms with Crippen molar-refractivity contribution in [3.8, 4) is 0 Å². The van der Waals surface area contributed by atoms with Gasteiger partial charge in [-0.1, -0.05) is 84.4 Å². The standard InChI is InChI=1S/C22H19ClO/c1-17(20-13-8-14-21(23)16-20)24-22(19-11-6-3-7-12-19)15-18-9-4-2-5-10-18/h2-17H,1H3/b22-15+. The lowest BCUT2D eigenvalue weighted by molar-refractivity contribution is 0.190. The van der Waals surface area contributed by atoms with Gasteiger partial charge in [-0.05, 0) is 36.3 Å². The number of rotatable bonds is 5. The van der Waals surface area contributed by atoms with Crippen LogP contribution in [0.15, 0.2) is 84.9 Å². The molecule has 3 rings (SSSR count). The summed E-state index contributed by atoms with van der Waals surface area (Å²) in [4.78, 5) is 0. The Balaban J connectivity index is 1.92. The van der Waals surface area contributed by atoms with Gasteiger partial charge in [-0.15, -0.1) is 0 Å². The molecule has 0 saturated heterocycles. The summed E-state index contributed by atoms with van der Waals surface area (Å²) in [6, 6.07) is 28.1. The van der Waals surface area contributed by atoms with Crippen LogP contribution in [0, 0.1) is 0 Å². The lowest BCUT2D eigenvalue weighted by atomic mass is 10.1. The van der Waals surface area contributed by atoms with Gasteiger partial charge >= 0.3 is 0 Å². The second kappa shape index (κ2) is 7.85. The summed E-state index contributed by atoms with van der Waals surface area (Å²) >= 11 is 6.10. The van der Waals surface area contributed by atoms with Crippen molar-refractivity contribution in [2.75, 3.05) is 0 Å². The normalized spacial score (nSPS) is 12.7. The van der Waals surface area contributed by atoms with E-state index in [0.29, 0.717) is 0 Å². The number of hydrogen-bond acceptors (Lipinski definition) is 1. The molecular formula is C22H19ClO. The summed E-state index contributed by atoms with van der Waals surface area (Å²) in [6.45, 7) is 2.04. The zero-order chi connectivity index (χ0) is 16.8. The molecule has 0 aliphatic carbocycles. The fourth-order valence-corrected chi connectivity index (χ4v) is 2.71. The molecule has 0 fully saturated rings. The summed E-state index contributed by atoms with van der Waals surface area (Å²) in [5, 5.41) is 0.719. The first-order valence-corrected chi connectivity index (χ1v) is 8.34. The summed E-state index contributed by atoms with van der Waals surface area (Å²) in [7, 11) is 0. The maximum atomic E-state index is 6.28. The first-order chi connectivity index (χ1) is 11.7. The summed E-state index contributed by atoms with van der Waals surface area (Å²) < 4.78 is 6.28. The highest BCUT2D eigenvalue weighted by Crippen LogP contribution is 2.28. The minimum absolute atomic E-state index is 0.0983. The molecule has 120 valence electrons. The zero-order valence-corrected chi connectivity index (χ0v) is 14.3. The Hall–Kier alpha value is -2.51. The molecule has 0 spiro atoms. The molecule has 0 radical (unpaired) electrons. The quantitative estimate of drug-likeness (QED) is 0.376. The molecule has 0 aliphatic heterocycles. The van der Waals surface area contributed by atoms with Gasteiger partial charge < -0.3 is 4.74 Å². The molecule has 3 aromatic rings. The summed E-state index contributed by atoms with van der Waals surface area (Å²) in [6.07, 6.45) is 1.97. The van der Waals surface area contributed by atoms with Crippen LogP contribution in [0.2, 0.25) is 5.02 Å². The molecule has 0 aliphatic rings. The topological polar surface area (TPSA) is 9.23 Å². The average molecular weight is 335 g/mol. The van der Waals surface area contributed by atoms with E-state index in [0.717, 1.165) is 27.5 Å². The molecule has 24 heavy (non-hydrogen) atoms. The SMILES string of the molecule is CC(O/C(=C/c1ccccc1)c1ccccc1)c1cccc(Cl)c1. The van der Waals surface area contributed by atoms with E-state index in [-0.39, 0.29) is 6.10 Å². The molecule has 0 N–H and O–H groups in total. The van der Waals surface area contributed by atoms with E-state index in [1.54, 1.807) is 0 Å². The Labute approximate surface area is 148 Å². The van der Waals surface area contributed by atoms with Crippen LogP contribution < -0.4 is 0 Å². The molecule has 3 aromatic carbocycles. The molecular weight excluding hydrogens is 316 g/mol. The maximum Gasteiger partial charge on any atom is 0.128 e. The van der Waals surface area contributed by atoms with Gasteiger partial charge in [0.15, 0.2) is 0 Å². The predicted molar refractivity (Wildman–Crippen MR) is 102 cm³/mol. The zero-order valence-electron chi connectivity index (χ0n) is 13.5. The van der Waals surface area contributed by atoms with Crippen molar-refractivity contribution in [1.82, 2.24) is 0 Å². The smallest absolute Gasteiger partial charge is 0.128 e. The lowest BCUT2D eigenvalue weighted by Gasteiger charge is -2.18. The van der Waals surface area contributed by atoms with Crippen LogP contribution in [0.1, 0.15) is 29.7 Å². The van der Waals surface area contributed by atoms with E-state index < -0.39 is 0 Å². The Morgan fingerprint density at radius 1 is 0.875 bits per heavy atom. The van der Waals surface area contributed by atoms with Crippen LogP contribution in [0.3, 0.4) is 0 Å². The van der Waals surface area contributed by atoms with Crippen molar-refractivity contribution in [2.45, 2.75) is 13.0 Å². The predicted octanol–water partition coefficient (Wildman–Crippen LogP) is 6.62. The molecule has 1 nitrogen and oxygen atoms in total. The van der Waals surface area contributed by atoms with Gasteiger partial charge in [0.05, 0.1) is 0 Å². The second-order valence-electron chi connectivity index (χ2n) is 5.60. The molecule has 0 aromatic heterocycles. The monoisotopic (exact) mass is 334 g/mol. The van der Waals surface area contributed by atoms with E-state index >= 15 is 0 Å². The highest BCUT2D eigenvalue weighted by molar-refractivity contribution is 6.30. The van der Waals surface area contributed by atoms with Crippen molar-refractivity contribution >= 4 is 23.4 Å². The van der Waals surface area contributed by atoms with Crippen molar-refractivity contribution in [1.29, 1.82) is 0 Å². The summed E-state index contributed by atoms with van der Waals surface area (Å²) in [5.74, 6) is 0.842. The average Bonchev–Trinajstić information content (AvgIpc) is 2.63. The molecule has 0 heterocycles. The molecule has 1 unspecified atom stereocenters. The number of ether oxygens (including phenoxy) is 1. The summed E-state index contributed by atoms with van der Waals surface area (Å²) in [5.41, 5.74) is 3.21. The number of halogens is 1. The van der Waals surface area contributed by atoms with Gasteiger partial charge in [0.2, 0.25) is 0 Å². The fourth-order valence-electron chi connectivity index (χ4n) is 2.51. The van der Waals surface area contributed by atoms with Crippen molar-refractivity contribution in [2.24, 2.45) is 0 Å². The van der Waals surface area contributed by atoms with Gasteiger partial charge in [-0.2, -0.15) is 0 Å². The van der Waals surface area contributed by atoms with Crippen LogP contribution in [-0.4, -0.2) is 0 Å². The van der Waals surface area contributed by atoms with Gasteiger partial charge in [0.25, 0.3) is 0 Å². The van der Waals surface area contributed by atoms with Crippen LogP contribution >= 0.6 is 11.6 Å². The minimum Gasteiger partial charge on any atom is -0.485 e. The van der Waals surface area contributed by atoms with Crippen LogP contribution in [0.4, 0.5) is 0 Å². The Morgan fingerprint density at radius 3 is 2.21 bits per heavy atom. The number of hydrogen-bond donors (Lipinski definition) is 0. The van der Waals surface area contributed by atoms with Gasteiger partial charge in [-0.3, -0.25) is 0 Å². The minimum atomic E-state index is -0.0983. The Kier molecular flexibility index (Phi) is 5.35. The molecule has 0 bridgehead atoms. The van der Waals surface area contributed by atoms with Crippen LogP contribution in [0.5, 0.6) is 0 Å². The van der Waals surface area contributed by atoms with Crippen molar-refractivity contribution < 1.29 is 4.74 Å². The van der Waals surface area contributed by atoms with E-state index in [4.69, 9.17) is 16.3 Å². The molecule has 0 amide bonds.